The lowest BCUT2D eigenvalue weighted by molar-refractivity contribution is 0.0270. The maximum absolute atomic E-state index is 13.6. The Bertz CT molecular complexity index is 1610. The van der Waals surface area contributed by atoms with E-state index in [1.54, 1.807) is 52.8 Å². The van der Waals surface area contributed by atoms with Crippen LogP contribution in [0.5, 0.6) is 0 Å². The lowest BCUT2D eigenvalue weighted by atomic mass is 9.98. The van der Waals surface area contributed by atoms with Crippen molar-refractivity contribution in [1.29, 1.82) is 0 Å². The number of hydrogen-bond donors (Lipinski definition) is 0. The first kappa shape index (κ1) is 25.2. The van der Waals surface area contributed by atoms with Gasteiger partial charge in [0.05, 0.1) is 10.4 Å². The van der Waals surface area contributed by atoms with Crippen LogP contribution in [0.2, 0.25) is 0 Å². The Labute approximate surface area is 221 Å². The standard InChI is InChI=1S/C28H29N3O4S2/c1-19-18-36-26(29-19)21-10-11-25-23(16-21)24(17-31(25)37(33,34)22-8-6-5-7-9-22)20-12-14-30(15-13-20)27(32)35-28(2,3)4/h5-12,16-18H,13-15H2,1-4H3. The van der Waals surface area contributed by atoms with Crippen LogP contribution in [0.3, 0.4) is 0 Å². The number of rotatable bonds is 4. The molecule has 3 heterocycles. The summed E-state index contributed by atoms with van der Waals surface area (Å²) in [6.45, 7) is 8.38. The fourth-order valence-corrected chi connectivity index (χ4v) is 6.57. The van der Waals surface area contributed by atoms with Gasteiger partial charge in [-0.2, -0.15) is 0 Å². The van der Waals surface area contributed by atoms with Crippen LogP contribution in [0.25, 0.3) is 27.0 Å². The van der Waals surface area contributed by atoms with Crippen molar-refractivity contribution in [3.05, 3.63) is 77.4 Å². The molecule has 0 saturated carbocycles. The monoisotopic (exact) mass is 535 g/mol. The van der Waals surface area contributed by atoms with E-state index in [1.807, 2.05) is 57.4 Å². The minimum atomic E-state index is -3.81. The zero-order valence-electron chi connectivity index (χ0n) is 21.3. The molecule has 0 N–H and O–H groups in total. The maximum Gasteiger partial charge on any atom is 0.410 e. The molecule has 0 atom stereocenters. The molecule has 7 nitrogen and oxygen atoms in total. The van der Waals surface area contributed by atoms with Gasteiger partial charge in [-0.15, -0.1) is 11.3 Å². The molecule has 0 fully saturated rings. The molecule has 5 rings (SSSR count). The Kier molecular flexibility index (Phi) is 6.45. The van der Waals surface area contributed by atoms with Crippen LogP contribution in [0.15, 0.2) is 71.1 Å². The number of hydrogen-bond acceptors (Lipinski definition) is 6. The highest BCUT2D eigenvalue weighted by Gasteiger charge is 2.27. The van der Waals surface area contributed by atoms with E-state index in [9.17, 15) is 13.2 Å². The normalized spacial score (nSPS) is 14.6. The molecule has 192 valence electrons. The number of amides is 1. The van der Waals surface area contributed by atoms with E-state index < -0.39 is 15.6 Å². The molecule has 0 radical (unpaired) electrons. The summed E-state index contributed by atoms with van der Waals surface area (Å²) in [7, 11) is -3.81. The quantitative estimate of drug-likeness (QED) is 0.305. The van der Waals surface area contributed by atoms with Crippen LogP contribution in [-0.4, -0.2) is 47.1 Å². The molecule has 1 aliphatic heterocycles. The number of aryl methyl sites for hydroxylation is 1. The first-order chi connectivity index (χ1) is 17.5. The largest absolute Gasteiger partial charge is 0.444 e. The molecule has 0 spiro atoms. The zero-order chi connectivity index (χ0) is 26.4. The molecule has 0 aliphatic carbocycles. The van der Waals surface area contributed by atoms with Gasteiger partial charge in [0.25, 0.3) is 10.0 Å². The molecule has 37 heavy (non-hydrogen) atoms. The average molecular weight is 536 g/mol. The summed E-state index contributed by atoms with van der Waals surface area (Å²) in [5, 5.41) is 3.72. The summed E-state index contributed by atoms with van der Waals surface area (Å²) in [4.78, 5) is 19.1. The number of carbonyl (C=O) groups excluding carboxylic acids is 1. The molecule has 0 bridgehead atoms. The Hall–Kier alpha value is -3.43. The Morgan fingerprint density at radius 1 is 1.11 bits per heavy atom. The molecular formula is C28H29N3O4S2. The van der Waals surface area contributed by atoms with E-state index >= 15 is 0 Å². The van der Waals surface area contributed by atoms with Gasteiger partial charge < -0.3 is 9.64 Å². The highest BCUT2D eigenvalue weighted by atomic mass is 32.2. The third-order valence-electron chi connectivity index (χ3n) is 6.14. The van der Waals surface area contributed by atoms with E-state index in [4.69, 9.17) is 4.74 Å². The summed E-state index contributed by atoms with van der Waals surface area (Å²) >= 11 is 1.56. The van der Waals surface area contributed by atoms with E-state index in [0.717, 1.165) is 32.8 Å². The number of thiazole rings is 1. The summed E-state index contributed by atoms with van der Waals surface area (Å²) in [6.07, 6.45) is 3.93. The van der Waals surface area contributed by atoms with E-state index in [-0.39, 0.29) is 11.0 Å². The van der Waals surface area contributed by atoms with Gasteiger partial charge >= 0.3 is 6.09 Å². The van der Waals surface area contributed by atoms with Crippen molar-refractivity contribution in [2.45, 2.75) is 44.6 Å². The second-order valence-electron chi connectivity index (χ2n) is 10.1. The van der Waals surface area contributed by atoms with E-state index in [2.05, 4.69) is 4.98 Å². The zero-order valence-corrected chi connectivity index (χ0v) is 22.9. The maximum atomic E-state index is 13.6. The fourth-order valence-electron chi connectivity index (χ4n) is 4.39. The Morgan fingerprint density at radius 2 is 1.86 bits per heavy atom. The van der Waals surface area contributed by atoms with Crippen molar-refractivity contribution >= 4 is 43.9 Å². The predicted octanol–water partition coefficient (Wildman–Crippen LogP) is 6.33. The van der Waals surface area contributed by atoms with Crippen molar-refractivity contribution in [2.24, 2.45) is 0 Å². The average Bonchev–Trinajstić information content (AvgIpc) is 3.47. The number of benzene rings is 2. The molecule has 0 saturated heterocycles. The number of aromatic nitrogens is 2. The van der Waals surface area contributed by atoms with Gasteiger partial charge in [0.2, 0.25) is 0 Å². The first-order valence-electron chi connectivity index (χ1n) is 12.1. The summed E-state index contributed by atoms with van der Waals surface area (Å²) in [5.41, 5.74) is 3.76. The minimum absolute atomic E-state index is 0.229. The van der Waals surface area contributed by atoms with Crippen LogP contribution in [-0.2, 0) is 14.8 Å². The number of fused-ring (bicyclic) bond motifs is 1. The highest BCUT2D eigenvalue weighted by molar-refractivity contribution is 7.90. The lowest BCUT2D eigenvalue weighted by Gasteiger charge is -2.29. The predicted molar refractivity (Wildman–Crippen MR) is 147 cm³/mol. The third kappa shape index (κ3) is 5.06. The van der Waals surface area contributed by atoms with Crippen molar-refractivity contribution in [2.75, 3.05) is 13.1 Å². The van der Waals surface area contributed by atoms with Crippen LogP contribution >= 0.6 is 11.3 Å². The van der Waals surface area contributed by atoms with Gasteiger partial charge in [-0.25, -0.2) is 22.2 Å². The van der Waals surface area contributed by atoms with Crippen LogP contribution < -0.4 is 0 Å². The second-order valence-corrected chi connectivity index (χ2v) is 12.8. The van der Waals surface area contributed by atoms with Crippen molar-refractivity contribution < 1.29 is 17.9 Å². The number of carbonyl (C=O) groups is 1. The number of nitrogens with zero attached hydrogens (tertiary/aromatic N) is 3. The summed E-state index contributed by atoms with van der Waals surface area (Å²) in [5.74, 6) is 0. The first-order valence-corrected chi connectivity index (χ1v) is 14.4. The van der Waals surface area contributed by atoms with Crippen LogP contribution in [0.1, 0.15) is 38.4 Å². The van der Waals surface area contributed by atoms with Crippen LogP contribution in [0, 0.1) is 6.92 Å². The molecule has 1 amide bonds. The van der Waals surface area contributed by atoms with Gasteiger partial charge in [-0.3, -0.25) is 0 Å². The van der Waals surface area contributed by atoms with Crippen molar-refractivity contribution in [1.82, 2.24) is 13.9 Å². The Balaban J connectivity index is 1.60. The third-order valence-corrected chi connectivity index (χ3v) is 8.84. The van der Waals surface area contributed by atoms with Gasteiger partial charge in [-0.05, 0) is 70.0 Å². The van der Waals surface area contributed by atoms with Crippen molar-refractivity contribution in [3.8, 4) is 10.6 Å². The Morgan fingerprint density at radius 3 is 2.49 bits per heavy atom. The molecule has 9 heteroatoms. The molecule has 4 aromatic rings. The molecule has 2 aromatic heterocycles. The smallest absolute Gasteiger partial charge is 0.410 e. The topological polar surface area (TPSA) is 81.5 Å². The fraction of sp³-hybridized carbons (Fsp3) is 0.286. The number of ether oxygens (including phenoxy) is 1. The van der Waals surface area contributed by atoms with E-state index in [1.165, 1.54) is 3.97 Å². The molecule has 2 aromatic carbocycles. The lowest BCUT2D eigenvalue weighted by Crippen LogP contribution is -2.39. The second kappa shape index (κ2) is 9.46. The summed E-state index contributed by atoms with van der Waals surface area (Å²) in [6, 6.07) is 14.2. The summed E-state index contributed by atoms with van der Waals surface area (Å²) < 4.78 is 34.2. The highest BCUT2D eigenvalue weighted by Crippen LogP contribution is 2.36. The van der Waals surface area contributed by atoms with Crippen molar-refractivity contribution in [3.63, 3.8) is 0 Å². The molecule has 1 aliphatic rings. The SMILES string of the molecule is Cc1csc(-c2ccc3c(c2)c(C2=CCN(C(=O)OC(C)(C)C)CC2)cn3S(=O)(=O)c2ccccc2)n1. The van der Waals surface area contributed by atoms with Gasteiger partial charge in [0.1, 0.15) is 10.6 Å². The van der Waals surface area contributed by atoms with Gasteiger partial charge in [0.15, 0.2) is 0 Å². The van der Waals surface area contributed by atoms with E-state index in [0.29, 0.717) is 25.0 Å². The van der Waals surface area contributed by atoms with Crippen LogP contribution in [0.4, 0.5) is 4.79 Å². The molecular weight excluding hydrogens is 506 g/mol. The van der Waals surface area contributed by atoms with Gasteiger partial charge in [0, 0.05) is 46.9 Å². The minimum Gasteiger partial charge on any atom is -0.444 e. The molecule has 0 unspecified atom stereocenters. The van der Waals surface area contributed by atoms with Gasteiger partial charge in [-0.1, -0.05) is 24.3 Å².